The van der Waals surface area contributed by atoms with E-state index in [0.717, 1.165) is 0 Å². The third-order valence-electron chi connectivity index (χ3n) is 0. The van der Waals surface area contributed by atoms with Crippen molar-refractivity contribution in [3.63, 3.8) is 0 Å². The van der Waals surface area contributed by atoms with Crippen LogP contribution in [0.2, 0.25) is 0 Å². The highest BCUT2D eigenvalue weighted by Gasteiger charge is 1.48. The van der Waals surface area contributed by atoms with Crippen LogP contribution < -0.4 is 5.50 Å². The topological polar surface area (TPSA) is 26.0 Å². The maximum absolute atomic E-state index is 5.13. The molecule has 0 aromatic carbocycles. The monoisotopic (exact) mass is 95.0 g/mol. The fourth-order valence-corrected chi connectivity index (χ4v) is 0. The second-order valence-electron chi connectivity index (χ2n) is 0.683. The van der Waals surface area contributed by atoms with Crippen molar-refractivity contribution in [1.29, 1.82) is 0 Å². The Balaban J connectivity index is 2.80. The SMILES string of the molecule is C[PH](N)=P. The average molecular weight is 95.0 g/mol. The Bertz CT molecular complexity index is 29.0. The molecule has 26 valence electrons. The summed E-state index contributed by atoms with van der Waals surface area (Å²) >= 11 is 0. The van der Waals surface area contributed by atoms with E-state index in [1.165, 1.54) is 0 Å². The van der Waals surface area contributed by atoms with Crippen molar-refractivity contribution in [2.24, 2.45) is 5.50 Å². The molecular formula is CH7NP2. The first-order valence-corrected chi connectivity index (χ1v) is 4.62. The van der Waals surface area contributed by atoms with Gasteiger partial charge in [-0.1, -0.05) is 0 Å². The molecule has 0 aromatic heterocycles. The third kappa shape index (κ3) is 16.1. The van der Waals surface area contributed by atoms with Crippen LogP contribution in [0.25, 0.3) is 0 Å². The number of rotatable bonds is 0. The molecule has 0 radical (unpaired) electrons. The van der Waals surface area contributed by atoms with Crippen LogP contribution in [0.15, 0.2) is 0 Å². The molecule has 2 N–H and O–H groups in total. The Morgan fingerprint density at radius 2 is 2.00 bits per heavy atom. The van der Waals surface area contributed by atoms with Crippen molar-refractivity contribution < 1.29 is 0 Å². The molecular weight excluding hydrogens is 88.0 g/mol. The first-order valence-electron chi connectivity index (χ1n) is 1.04. The van der Waals surface area contributed by atoms with E-state index in [1.54, 1.807) is 0 Å². The van der Waals surface area contributed by atoms with Crippen molar-refractivity contribution in [1.82, 2.24) is 0 Å². The molecule has 1 nitrogen and oxygen atoms in total. The standard InChI is InChI=1S/CH7NP2/c1-4(2)3/h3-4H,2H2,1H3. The van der Waals surface area contributed by atoms with Gasteiger partial charge in [0.2, 0.25) is 0 Å². The summed E-state index contributed by atoms with van der Waals surface area (Å²) in [5.41, 5.74) is 5.13. The molecule has 0 bridgehead atoms. The van der Waals surface area contributed by atoms with Crippen molar-refractivity contribution in [3.8, 4) is 0 Å². The Morgan fingerprint density at radius 1 is 2.00 bits per heavy atom. The molecule has 0 saturated carbocycles. The van der Waals surface area contributed by atoms with E-state index in [4.69, 9.17) is 5.50 Å². The van der Waals surface area contributed by atoms with Crippen LogP contribution in [-0.4, -0.2) is 6.66 Å². The Kier molecular flexibility index (Phi) is 2.30. The zero-order valence-corrected chi connectivity index (χ0v) is 4.58. The van der Waals surface area contributed by atoms with Gasteiger partial charge in [0.25, 0.3) is 0 Å². The quantitative estimate of drug-likeness (QED) is 0.441. The van der Waals surface area contributed by atoms with Crippen molar-refractivity contribution >= 4 is 15.9 Å². The highest BCUT2D eigenvalue weighted by Crippen LogP contribution is 2.05. The van der Waals surface area contributed by atoms with Gasteiger partial charge in [-0.3, -0.25) is 0 Å². The zero-order valence-electron chi connectivity index (χ0n) is 2.58. The fourth-order valence-electron chi connectivity index (χ4n) is 0. The molecule has 4 heavy (non-hydrogen) atoms. The second kappa shape index (κ2) is 1.96. The van der Waals surface area contributed by atoms with E-state index in [1.807, 2.05) is 6.66 Å². The molecule has 0 aromatic rings. The largest absolute Gasteiger partial charge is 0.310 e. The molecule has 0 aliphatic carbocycles. The summed E-state index contributed by atoms with van der Waals surface area (Å²) in [5, 5.41) is 0. The summed E-state index contributed by atoms with van der Waals surface area (Å²) < 4.78 is 0. The van der Waals surface area contributed by atoms with Gasteiger partial charge in [-0.25, -0.2) is 0 Å². The molecule has 1 unspecified atom stereocenters. The van der Waals surface area contributed by atoms with E-state index in [9.17, 15) is 0 Å². The second-order valence-corrected chi connectivity index (χ2v) is 4.42. The van der Waals surface area contributed by atoms with Gasteiger partial charge in [0, 0.05) is 0 Å². The van der Waals surface area contributed by atoms with Crippen molar-refractivity contribution in [2.75, 3.05) is 6.66 Å². The fraction of sp³-hybridized carbons (Fsp3) is 1.00. The number of hydrogen-bond acceptors (Lipinski definition) is 0. The van der Waals surface area contributed by atoms with Crippen LogP contribution in [0.4, 0.5) is 0 Å². The van der Waals surface area contributed by atoms with Gasteiger partial charge >= 0.3 is 0 Å². The van der Waals surface area contributed by atoms with Crippen molar-refractivity contribution in [3.05, 3.63) is 0 Å². The predicted molar refractivity (Wildman–Crippen MR) is 26.7 cm³/mol. The lowest BCUT2D eigenvalue weighted by atomic mass is 12.0. The predicted octanol–water partition coefficient (Wildman–Crippen LogP) is 0.762. The van der Waals surface area contributed by atoms with Crippen LogP contribution in [0, 0.1) is 0 Å². The van der Waals surface area contributed by atoms with Gasteiger partial charge in [-0.05, 0) is 14.0 Å². The maximum Gasteiger partial charge on any atom is -0.0317 e. The minimum atomic E-state index is -0.574. The third-order valence-corrected chi connectivity index (χ3v) is 0. The molecule has 0 aliphatic heterocycles. The average Bonchev–Trinajstić information content (AvgIpc) is 0.811. The highest BCUT2D eigenvalue weighted by molar-refractivity contribution is 7.84. The summed E-state index contributed by atoms with van der Waals surface area (Å²) in [6.07, 6.45) is 0. The molecule has 0 aliphatic rings. The summed E-state index contributed by atoms with van der Waals surface area (Å²) in [4.78, 5) is 0. The molecule has 0 amide bonds. The smallest absolute Gasteiger partial charge is 0.0317 e. The normalized spacial score (nSPS) is 15.5. The van der Waals surface area contributed by atoms with Crippen LogP contribution in [0.5, 0.6) is 0 Å². The van der Waals surface area contributed by atoms with Crippen molar-refractivity contribution in [2.45, 2.75) is 0 Å². The minimum absolute atomic E-state index is 0.574. The number of hydrogen-bond donors (Lipinski definition) is 1. The van der Waals surface area contributed by atoms with Gasteiger partial charge in [0.05, 0.1) is 0 Å². The lowest BCUT2D eigenvalue weighted by Gasteiger charge is -1.69. The molecule has 0 heterocycles. The molecule has 0 saturated heterocycles. The van der Waals surface area contributed by atoms with Gasteiger partial charge in [-0.15, -0.1) is 8.53 Å². The Hall–Kier alpha value is 0.690. The molecule has 0 fully saturated rings. The van der Waals surface area contributed by atoms with Crippen LogP contribution in [0.1, 0.15) is 0 Å². The first kappa shape index (κ1) is 4.69. The van der Waals surface area contributed by atoms with Crippen LogP contribution >= 0.6 is 15.9 Å². The highest BCUT2D eigenvalue weighted by atomic mass is 31.7. The van der Waals surface area contributed by atoms with E-state index in [0.29, 0.717) is 0 Å². The molecule has 3 heteroatoms. The van der Waals surface area contributed by atoms with Gasteiger partial charge in [0.15, 0.2) is 0 Å². The van der Waals surface area contributed by atoms with E-state index >= 15 is 0 Å². The molecule has 1 atom stereocenters. The van der Waals surface area contributed by atoms with Crippen LogP contribution in [-0.2, 0) is 0 Å². The Labute approximate surface area is 29.1 Å². The first-order chi connectivity index (χ1) is 1.73. The zero-order chi connectivity index (χ0) is 3.58. The Morgan fingerprint density at radius 3 is 2.00 bits per heavy atom. The summed E-state index contributed by atoms with van der Waals surface area (Å²) in [6.45, 7) is 1.96. The summed E-state index contributed by atoms with van der Waals surface area (Å²) in [6, 6.07) is 0. The molecule has 0 spiro atoms. The lowest BCUT2D eigenvalue weighted by Crippen LogP contribution is -1.64. The van der Waals surface area contributed by atoms with Gasteiger partial charge in [-0.2, -0.15) is 0 Å². The maximum atomic E-state index is 5.13. The van der Waals surface area contributed by atoms with E-state index in [-0.39, 0.29) is 0 Å². The van der Waals surface area contributed by atoms with Gasteiger partial charge in [0.1, 0.15) is 0 Å². The van der Waals surface area contributed by atoms with Crippen LogP contribution in [0.3, 0.4) is 0 Å². The van der Waals surface area contributed by atoms with E-state index < -0.39 is 7.36 Å². The van der Waals surface area contributed by atoms with Gasteiger partial charge < -0.3 is 5.50 Å². The molecule has 0 rings (SSSR count). The summed E-state index contributed by atoms with van der Waals surface area (Å²) in [7, 11) is 2.62. The van der Waals surface area contributed by atoms with E-state index in [2.05, 4.69) is 8.53 Å². The minimum Gasteiger partial charge on any atom is -0.310 e. The summed E-state index contributed by atoms with van der Waals surface area (Å²) in [5.74, 6) is 0. The number of nitrogens with two attached hydrogens (primary N) is 1. The lowest BCUT2D eigenvalue weighted by molar-refractivity contribution is 1.98.